The van der Waals surface area contributed by atoms with Crippen LogP contribution in [0.1, 0.15) is 22.7 Å². The van der Waals surface area contributed by atoms with Gasteiger partial charge in [0.25, 0.3) is 0 Å². The quantitative estimate of drug-likeness (QED) is 0.677. The van der Waals surface area contributed by atoms with E-state index in [2.05, 4.69) is 4.98 Å². The van der Waals surface area contributed by atoms with E-state index in [0.29, 0.717) is 16.6 Å². The van der Waals surface area contributed by atoms with Gasteiger partial charge in [-0.25, -0.2) is 18.2 Å². The number of methoxy groups -OCH3 is 1. The molecule has 130 valence electrons. The van der Waals surface area contributed by atoms with E-state index in [4.69, 9.17) is 10.5 Å². The van der Waals surface area contributed by atoms with Crippen molar-refractivity contribution < 1.29 is 17.9 Å². The Morgan fingerprint density at radius 1 is 1.08 bits per heavy atom. The van der Waals surface area contributed by atoms with Crippen LogP contribution in [0.3, 0.4) is 0 Å². The molecule has 0 spiro atoms. The summed E-state index contributed by atoms with van der Waals surface area (Å²) in [7, 11) is 1.56. The molecule has 0 fully saturated rings. The molecular weight excluding hydrogens is 349 g/mol. The molecular formula is C18H15F3N2OS. The van der Waals surface area contributed by atoms with E-state index in [0.717, 1.165) is 11.6 Å². The zero-order valence-electron chi connectivity index (χ0n) is 13.3. The van der Waals surface area contributed by atoms with E-state index in [9.17, 15) is 13.2 Å². The summed E-state index contributed by atoms with van der Waals surface area (Å²) in [6, 6.07) is 9.39. The number of nitrogen functional groups attached to an aromatic ring is 1. The van der Waals surface area contributed by atoms with Crippen LogP contribution in [0, 0.1) is 17.5 Å². The van der Waals surface area contributed by atoms with Crippen molar-refractivity contribution in [2.24, 2.45) is 0 Å². The first-order valence-corrected chi connectivity index (χ1v) is 8.34. The molecule has 7 heteroatoms. The molecule has 0 saturated heterocycles. The largest absolute Gasteiger partial charge is 0.497 e. The van der Waals surface area contributed by atoms with E-state index in [1.54, 1.807) is 24.6 Å². The minimum atomic E-state index is -1.47. The van der Waals surface area contributed by atoms with E-state index in [1.165, 1.54) is 17.4 Å². The summed E-state index contributed by atoms with van der Waals surface area (Å²) in [6.45, 7) is 0. The number of hydrogen-bond acceptors (Lipinski definition) is 4. The number of aromatic nitrogens is 1. The highest BCUT2D eigenvalue weighted by Crippen LogP contribution is 2.32. The fourth-order valence-electron chi connectivity index (χ4n) is 2.63. The Morgan fingerprint density at radius 3 is 2.40 bits per heavy atom. The van der Waals surface area contributed by atoms with Crippen molar-refractivity contribution in [1.29, 1.82) is 0 Å². The van der Waals surface area contributed by atoms with Crippen LogP contribution in [0.5, 0.6) is 5.75 Å². The van der Waals surface area contributed by atoms with Crippen molar-refractivity contribution in [2.75, 3.05) is 12.8 Å². The number of thiazole rings is 1. The van der Waals surface area contributed by atoms with Crippen molar-refractivity contribution in [3.05, 3.63) is 76.1 Å². The van der Waals surface area contributed by atoms with Crippen molar-refractivity contribution >= 4 is 16.5 Å². The Kier molecular flexibility index (Phi) is 4.94. The highest BCUT2D eigenvalue weighted by atomic mass is 32.1. The smallest absolute Gasteiger partial charge is 0.194 e. The summed E-state index contributed by atoms with van der Waals surface area (Å²) in [5.74, 6) is -3.52. The first-order valence-electron chi connectivity index (χ1n) is 7.46. The monoisotopic (exact) mass is 364 g/mol. The molecule has 0 radical (unpaired) electrons. The van der Waals surface area contributed by atoms with Gasteiger partial charge >= 0.3 is 0 Å². The van der Waals surface area contributed by atoms with Gasteiger partial charge in [-0.2, -0.15) is 0 Å². The third-order valence-corrected chi connectivity index (χ3v) is 4.65. The topological polar surface area (TPSA) is 48.1 Å². The standard InChI is InChI=1S/C18H15F3N2OS/c1-24-12-5-2-10(3-6-12)13(15-9-25-18(22)23-15)8-11-4-7-14(19)17(21)16(11)20/h2-7,9,13H,8H2,1H3,(H2,22,23). The van der Waals surface area contributed by atoms with Crippen molar-refractivity contribution in [3.8, 4) is 5.75 Å². The van der Waals surface area contributed by atoms with E-state index in [1.807, 2.05) is 12.1 Å². The van der Waals surface area contributed by atoms with E-state index < -0.39 is 17.5 Å². The van der Waals surface area contributed by atoms with Crippen LogP contribution in [0.25, 0.3) is 0 Å². The van der Waals surface area contributed by atoms with Gasteiger partial charge in [0.1, 0.15) is 5.75 Å². The Labute approximate surface area is 146 Å². The lowest BCUT2D eigenvalue weighted by molar-refractivity contribution is 0.414. The minimum absolute atomic E-state index is 0.0753. The Balaban J connectivity index is 2.01. The second kappa shape index (κ2) is 7.14. The molecule has 25 heavy (non-hydrogen) atoms. The summed E-state index contributed by atoms with van der Waals surface area (Å²) in [5, 5.41) is 2.17. The van der Waals surface area contributed by atoms with Gasteiger partial charge in [-0.05, 0) is 35.7 Å². The fourth-order valence-corrected chi connectivity index (χ4v) is 3.25. The van der Waals surface area contributed by atoms with Crippen LogP contribution in [0.15, 0.2) is 41.8 Å². The molecule has 1 heterocycles. The molecule has 2 aromatic carbocycles. The van der Waals surface area contributed by atoms with E-state index in [-0.39, 0.29) is 17.9 Å². The average molecular weight is 364 g/mol. The molecule has 2 N–H and O–H groups in total. The van der Waals surface area contributed by atoms with E-state index >= 15 is 0 Å². The maximum atomic E-state index is 14.1. The first kappa shape index (κ1) is 17.3. The fraction of sp³-hybridized carbons (Fsp3) is 0.167. The normalized spacial score (nSPS) is 12.2. The molecule has 0 amide bonds. The lowest BCUT2D eigenvalue weighted by Gasteiger charge is -2.17. The molecule has 1 aromatic heterocycles. The third-order valence-electron chi connectivity index (χ3n) is 3.95. The maximum Gasteiger partial charge on any atom is 0.194 e. The average Bonchev–Trinajstić information content (AvgIpc) is 3.05. The molecule has 3 rings (SSSR count). The molecule has 1 atom stereocenters. The number of nitrogens with two attached hydrogens (primary N) is 1. The number of benzene rings is 2. The molecule has 0 aliphatic carbocycles. The molecule has 0 aliphatic rings. The minimum Gasteiger partial charge on any atom is -0.497 e. The lowest BCUT2D eigenvalue weighted by Crippen LogP contribution is -2.09. The molecule has 0 bridgehead atoms. The predicted molar refractivity (Wildman–Crippen MR) is 91.4 cm³/mol. The molecule has 0 aliphatic heterocycles. The van der Waals surface area contributed by atoms with Crippen LogP contribution >= 0.6 is 11.3 Å². The van der Waals surface area contributed by atoms with Gasteiger partial charge in [0.2, 0.25) is 0 Å². The molecule has 3 aromatic rings. The van der Waals surface area contributed by atoms with Crippen LogP contribution in [-0.2, 0) is 6.42 Å². The second-order valence-corrected chi connectivity index (χ2v) is 6.36. The maximum absolute atomic E-state index is 14.1. The third kappa shape index (κ3) is 3.61. The van der Waals surface area contributed by atoms with Crippen LogP contribution in [0.4, 0.5) is 18.3 Å². The van der Waals surface area contributed by atoms with Gasteiger partial charge in [0.15, 0.2) is 22.6 Å². The van der Waals surface area contributed by atoms with Gasteiger partial charge in [-0.3, -0.25) is 0 Å². The summed E-state index contributed by atoms with van der Waals surface area (Å²) in [6.07, 6.45) is 0.124. The number of nitrogens with zero attached hydrogens (tertiary/aromatic N) is 1. The molecule has 3 nitrogen and oxygen atoms in total. The summed E-state index contributed by atoms with van der Waals surface area (Å²) in [5.41, 5.74) is 7.28. The lowest BCUT2D eigenvalue weighted by atomic mass is 9.89. The van der Waals surface area contributed by atoms with Crippen LogP contribution in [-0.4, -0.2) is 12.1 Å². The Bertz CT molecular complexity index is 881. The number of ether oxygens (including phenoxy) is 1. The highest BCUT2D eigenvalue weighted by Gasteiger charge is 2.22. The number of hydrogen-bond donors (Lipinski definition) is 1. The SMILES string of the molecule is COc1ccc(C(Cc2ccc(F)c(F)c2F)c2csc(N)n2)cc1. The van der Waals surface area contributed by atoms with Crippen LogP contribution in [0.2, 0.25) is 0 Å². The first-order chi connectivity index (χ1) is 12.0. The van der Waals surface area contributed by atoms with Gasteiger partial charge in [-0.15, -0.1) is 11.3 Å². The van der Waals surface area contributed by atoms with Crippen molar-refractivity contribution in [2.45, 2.75) is 12.3 Å². The zero-order chi connectivity index (χ0) is 18.0. The summed E-state index contributed by atoms with van der Waals surface area (Å²) in [4.78, 5) is 4.27. The van der Waals surface area contributed by atoms with Crippen LogP contribution < -0.4 is 10.5 Å². The summed E-state index contributed by atoms with van der Waals surface area (Å²) < 4.78 is 46.0. The molecule has 0 saturated carbocycles. The van der Waals surface area contributed by atoms with Gasteiger partial charge in [0, 0.05) is 11.3 Å². The van der Waals surface area contributed by atoms with Gasteiger partial charge in [-0.1, -0.05) is 18.2 Å². The zero-order valence-corrected chi connectivity index (χ0v) is 14.1. The number of halogens is 3. The Morgan fingerprint density at radius 2 is 1.80 bits per heavy atom. The summed E-state index contributed by atoms with van der Waals surface area (Å²) >= 11 is 1.27. The number of anilines is 1. The van der Waals surface area contributed by atoms with Gasteiger partial charge in [0.05, 0.1) is 12.8 Å². The second-order valence-electron chi connectivity index (χ2n) is 5.47. The predicted octanol–water partition coefficient (Wildman–Crippen LogP) is 4.53. The van der Waals surface area contributed by atoms with Gasteiger partial charge < -0.3 is 10.5 Å². The number of rotatable bonds is 5. The van der Waals surface area contributed by atoms with Crippen molar-refractivity contribution in [1.82, 2.24) is 4.98 Å². The molecule has 1 unspecified atom stereocenters. The Hall–Kier alpha value is -2.54. The van der Waals surface area contributed by atoms with Crippen molar-refractivity contribution in [3.63, 3.8) is 0 Å². The highest BCUT2D eigenvalue weighted by molar-refractivity contribution is 7.13.